The zero-order chi connectivity index (χ0) is 18.1. The lowest BCUT2D eigenvalue weighted by molar-refractivity contribution is 0.0927. The van der Waals surface area contributed by atoms with Crippen molar-refractivity contribution in [1.82, 2.24) is 14.8 Å². The minimum Gasteiger partial charge on any atom is -0.347 e. The van der Waals surface area contributed by atoms with Crippen molar-refractivity contribution in [3.63, 3.8) is 0 Å². The summed E-state index contributed by atoms with van der Waals surface area (Å²) >= 11 is 0. The van der Waals surface area contributed by atoms with E-state index in [2.05, 4.69) is 5.32 Å². The molecule has 0 bridgehead atoms. The number of amides is 1. The number of carbonyl (C=O) groups is 1. The van der Waals surface area contributed by atoms with Crippen LogP contribution in [-0.4, -0.2) is 35.0 Å². The smallest absolute Gasteiger partial charge is 0.251 e. The van der Waals surface area contributed by atoms with Crippen molar-refractivity contribution in [3.05, 3.63) is 69.6 Å². The zero-order valence-electron chi connectivity index (χ0n) is 14.0. The average molecular weight is 347 g/mol. The minimum atomic E-state index is -0.908. The molecule has 0 aliphatic carbocycles. The molecule has 25 heavy (non-hydrogen) atoms. The lowest BCUT2D eigenvalue weighted by Gasteiger charge is -2.26. The molecule has 2 atom stereocenters. The number of hydrogen-bond acceptors (Lipinski definition) is 3. The fourth-order valence-electron chi connectivity index (χ4n) is 3.22. The van der Waals surface area contributed by atoms with Gasteiger partial charge < -0.3 is 9.88 Å². The van der Waals surface area contributed by atoms with Gasteiger partial charge in [0.2, 0.25) is 0 Å². The number of nitrogens with one attached hydrogen (secondary N) is 1. The van der Waals surface area contributed by atoms with E-state index in [4.69, 9.17) is 0 Å². The van der Waals surface area contributed by atoms with Crippen LogP contribution in [0.25, 0.3) is 0 Å². The topological polar surface area (TPSA) is 54.3 Å². The summed E-state index contributed by atoms with van der Waals surface area (Å²) in [5, 5.41) is 2.91. The predicted molar refractivity (Wildman–Crippen MR) is 89.3 cm³/mol. The summed E-state index contributed by atoms with van der Waals surface area (Å²) in [6.07, 6.45) is 2.21. The van der Waals surface area contributed by atoms with Gasteiger partial charge in [0.25, 0.3) is 11.5 Å². The Balaban J connectivity index is 1.82. The van der Waals surface area contributed by atoms with Crippen LogP contribution >= 0.6 is 0 Å². The third-order valence-corrected chi connectivity index (χ3v) is 4.62. The molecule has 3 rings (SSSR count). The number of rotatable bonds is 3. The van der Waals surface area contributed by atoms with Gasteiger partial charge in [-0.05, 0) is 37.2 Å². The molecule has 1 aromatic carbocycles. The number of aryl methyl sites for hydroxylation is 1. The molecule has 5 nitrogen and oxygen atoms in total. The van der Waals surface area contributed by atoms with E-state index >= 15 is 0 Å². The van der Waals surface area contributed by atoms with Crippen LogP contribution in [0.5, 0.6) is 0 Å². The molecule has 1 N–H and O–H groups in total. The van der Waals surface area contributed by atoms with Crippen molar-refractivity contribution in [2.24, 2.45) is 7.05 Å². The Bertz CT molecular complexity index is 866. The first-order valence-corrected chi connectivity index (χ1v) is 7.99. The third-order valence-electron chi connectivity index (χ3n) is 4.62. The summed E-state index contributed by atoms with van der Waals surface area (Å²) in [5.41, 5.74) is 0.614. The normalized spacial score (nSPS) is 20.6. The maximum atomic E-state index is 13.6. The van der Waals surface area contributed by atoms with Crippen molar-refractivity contribution >= 4 is 5.91 Å². The molecular weight excluding hydrogens is 328 g/mol. The van der Waals surface area contributed by atoms with Crippen LogP contribution in [0.1, 0.15) is 28.4 Å². The van der Waals surface area contributed by atoms with E-state index in [1.807, 2.05) is 11.9 Å². The summed E-state index contributed by atoms with van der Waals surface area (Å²) in [7, 11) is 3.48. The van der Waals surface area contributed by atoms with Gasteiger partial charge >= 0.3 is 0 Å². The van der Waals surface area contributed by atoms with E-state index in [0.717, 1.165) is 6.07 Å². The number of halogens is 2. The van der Waals surface area contributed by atoms with Gasteiger partial charge in [0.05, 0.1) is 12.1 Å². The highest BCUT2D eigenvalue weighted by atomic mass is 19.2. The van der Waals surface area contributed by atoms with Gasteiger partial charge in [-0.2, -0.15) is 0 Å². The van der Waals surface area contributed by atoms with Crippen LogP contribution in [0.2, 0.25) is 0 Å². The highest BCUT2D eigenvalue weighted by molar-refractivity contribution is 5.94. The van der Waals surface area contributed by atoms with E-state index in [9.17, 15) is 18.4 Å². The quantitative estimate of drug-likeness (QED) is 0.922. The van der Waals surface area contributed by atoms with E-state index < -0.39 is 11.6 Å². The van der Waals surface area contributed by atoms with Crippen LogP contribution < -0.4 is 10.9 Å². The second-order valence-electron chi connectivity index (χ2n) is 6.33. The van der Waals surface area contributed by atoms with Gasteiger partial charge in [0, 0.05) is 31.4 Å². The maximum Gasteiger partial charge on any atom is 0.251 e. The number of pyridine rings is 1. The Morgan fingerprint density at radius 1 is 1.16 bits per heavy atom. The molecule has 7 heteroatoms. The lowest BCUT2D eigenvalue weighted by Crippen LogP contribution is -2.39. The number of carbonyl (C=O) groups excluding carboxylic acids is 1. The largest absolute Gasteiger partial charge is 0.347 e. The van der Waals surface area contributed by atoms with Crippen molar-refractivity contribution < 1.29 is 13.6 Å². The molecule has 0 unspecified atom stereocenters. The number of likely N-dealkylation sites (tertiary alicyclic amines) is 1. The van der Waals surface area contributed by atoms with Crippen LogP contribution in [0.3, 0.4) is 0 Å². The first kappa shape index (κ1) is 17.3. The van der Waals surface area contributed by atoms with E-state index in [1.165, 1.54) is 29.0 Å². The molecule has 1 aliphatic heterocycles. The molecule has 1 aromatic heterocycles. The van der Waals surface area contributed by atoms with Crippen molar-refractivity contribution in [2.75, 3.05) is 13.6 Å². The SMILES string of the molecule is CN1CC[C@@H](NC(=O)c2ccn(C)c(=O)c2)[C@H]1c1ccc(F)c(F)c1. The fourth-order valence-corrected chi connectivity index (χ4v) is 3.22. The van der Waals surface area contributed by atoms with E-state index in [0.29, 0.717) is 18.5 Å². The minimum absolute atomic E-state index is 0.258. The summed E-state index contributed by atoms with van der Waals surface area (Å²) in [4.78, 5) is 26.1. The molecule has 0 saturated carbocycles. The van der Waals surface area contributed by atoms with Crippen LogP contribution in [-0.2, 0) is 7.05 Å². The zero-order valence-corrected chi connectivity index (χ0v) is 14.0. The molecule has 1 amide bonds. The number of aromatic nitrogens is 1. The molecule has 0 spiro atoms. The van der Waals surface area contributed by atoms with Gasteiger partial charge in [-0.3, -0.25) is 14.5 Å². The fraction of sp³-hybridized carbons (Fsp3) is 0.333. The Labute approximate surface area is 143 Å². The first-order valence-electron chi connectivity index (χ1n) is 7.99. The summed E-state index contributed by atoms with van der Waals surface area (Å²) < 4.78 is 28.1. The molecule has 2 heterocycles. The number of nitrogens with zero attached hydrogens (tertiary/aromatic N) is 2. The second-order valence-corrected chi connectivity index (χ2v) is 6.33. The van der Waals surface area contributed by atoms with Crippen LogP contribution in [0.4, 0.5) is 8.78 Å². The van der Waals surface area contributed by atoms with Crippen LogP contribution in [0, 0.1) is 11.6 Å². The third kappa shape index (κ3) is 3.46. The highest BCUT2D eigenvalue weighted by Crippen LogP contribution is 2.31. The van der Waals surface area contributed by atoms with Gasteiger partial charge in [0.1, 0.15) is 0 Å². The average Bonchev–Trinajstić information content (AvgIpc) is 2.93. The highest BCUT2D eigenvalue weighted by Gasteiger charge is 2.34. The Morgan fingerprint density at radius 3 is 2.60 bits per heavy atom. The van der Waals surface area contributed by atoms with Gasteiger partial charge in [-0.15, -0.1) is 0 Å². The van der Waals surface area contributed by atoms with Crippen molar-refractivity contribution in [1.29, 1.82) is 0 Å². The predicted octanol–water partition coefficient (Wildman–Crippen LogP) is 1.84. The second kappa shape index (κ2) is 6.76. The molecular formula is C18H19F2N3O2. The molecule has 2 aromatic rings. The lowest BCUT2D eigenvalue weighted by atomic mass is 9.99. The van der Waals surface area contributed by atoms with Gasteiger partial charge in [-0.25, -0.2) is 8.78 Å². The van der Waals surface area contributed by atoms with E-state index in [1.54, 1.807) is 13.1 Å². The van der Waals surface area contributed by atoms with Crippen LogP contribution in [0.15, 0.2) is 41.3 Å². The van der Waals surface area contributed by atoms with Gasteiger partial charge in [-0.1, -0.05) is 6.07 Å². The number of benzene rings is 1. The number of hydrogen-bond donors (Lipinski definition) is 1. The summed E-state index contributed by atoms with van der Waals surface area (Å²) in [6, 6.07) is 6.12. The van der Waals surface area contributed by atoms with Crippen molar-refractivity contribution in [3.8, 4) is 0 Å². The first-order chi connectivity index (χ1) is 11.9. The van der Waals surface area contributed by atoms with E-state index in [-0.39, 0.29) is 29.1 Å². The molecule has 132 valence electrons. The summed E-state index contributed by atoms with van der Waals surface area (Å²) in [5.74, 6) is -2.16. The molecule has 0 radical (unpaired) electrons. The van der Waals surface area contributed by atoms with Gasteiger partial charge in [0.15, 0.2) is 11.6 Å². The standard InChI is InChI=1S/C18H19F2N3O2/c1-22-7-5-12(10-16(22)24)18(25)21-15-6-8-23(2)17(15)11-3-4-13(19)14(20)9-11/h3-5,7,9-10,15,17H,6,8H2,1-2H3,(H,21,25)/t15-,17-/m1/s1. The molecule has 1 aliphatic rings. The molecule has 1 fully saturated rings. The summed E-state index contributed by atoms with van der Waals surface area (Å²) in [6.45, 7) is 0.713. The van der Waals surface area contributed by atoms with Crippen molar-refractivity contribution in [2.45, 2.75) is 18.5 Å². The Morgan fingerprint density at radius 2 is 1.92 bits per heavy atom. The Kier molecular flexibility index (Phi) is 4.67. The number of likely N-dealkylation sites (N-methyl/N-ethyl adjacent to an activating group) is 1. The Hall–Kier alpha value is -2.54. The molecule has 1 saturated heterocycles. The monoisotopic (exact) mass is 347 g/mol. The maximum absolute atomic E-state index is 13.6.